The van der Waals surface area contributed by atoms with Gasteiger partial charge in [-0.1, -0.05) is 0 Å². The Kier molecular flexibility index (Phi) is 5.25. The molecule has 0 unspecified atom stereocenters. The number of imidazole rings is 1. The second kappa shape index (κ2) is 7.57. The molecule has 0 amide bonds. The maximum atomic E-state index is 8.71. The first-order chi connectivity index (χ1) is 10.9. The van der Waals surface area contributed by atoms with E-state index in [1.807, 2.05) is 22.5 Å². The van der Waals surface area contributed by atoms with Gasteiger partial charge in [0.15, 0.2) is 0 Å². The minimum absolute atomic E-state index is 0.0460. The summed E-state index contributed by atoms with van der Waals surface area (Å²) in [6.07, 6.45) is 6.22. The molecule has 0 fully saturated rings. The van der Waals surface area contributed by atoms with Crippen LogP contribution in [0.15, 0.2) is 18.7 Å². The number of hydrogen-bond acceptors (Lipinski definition) is 7. The van der Waals surface area contributed by atoms with Gasteiger partial charge >= 0.3 is 0 Å². The highest BCUT2D eigenvalue weighted by Crippen LogP contribution is 2.28. The van der Waals surface area contributed by atoms with Crippen molar-refractivity contribution in [3.05, 3.63) is 30.0 Å². The molecule has 1 aliphatic rings. The monoisotopic (exact) mass is 321 g/mol. The van der Waals surface area contributed by atoms with Gasteiger partial charge in [-0.2, -0.15) is 16.7 Å². The van der Waals surface area contributed by atoms with Crippen molar-refractivity contribution in [3.63, 3.8) is 0 Å². The largest absolute Gasteiger partial charge is 0.394 e. The average Bonchev–Trinajstić information content (AvgIpc) is 3.09. The molecule has 0 atom stereocenters. The minimum Gasteiger partial charge on any atom is -0.394 e. The summed E-state index contributed by atoms with van der Waals surface area (Å²) < 4.78 is 7.09. The van der Waals surface area contributed by atoms with Crippen LogP contribution in [0.1, 0.15) is 11.3 Å². The maximum Gasteiger partial charge on any atom is 0.237 e. The molecule has 118 valence electrons. The Morgan fingerprint density at radius 2 is 2.32 bits per heavy atom. The van der Waals surface area contributed by atoms with Crippen LogP contribution in [0.25, 0.3) is 5.95 Å². The predicted molar refractivity (Wildman–Crippen MR) is 85.4 cm³/mol. The third-order valence-electron chi connectivity index (χ3n) is 3.32. The summed E-state index contributed by atoms with van der Waals surface area (Å²) in [4.78, 5) is 13.3. The van der Waals surface area contributed by atoms with Crippen LogP contribution in [-0.4, -0.2) is 56.7 Å². The third kappa shape index (κ3) is 3.57. The second-order valence-corrected chi connectivity index (χ2v) is 5.94. The molecule has 7 nitrogen and oxygen atoms in total. The van der Waals surface area contributed by atoms with E-state index in [0.717, 1.165) is 29.4 Å². The summed E-state index contributed by atoms with van der Waals surface area (Å²) >= 11 is 1.90. The Bertz CT molecular complexity index is 606. The van der Waals surface area contributed by atoms with Crippen LogP contribution in [0.3, 0.4) is 0 Å². The summed E-state index contributed by atoms with van der Waals surface area (Å²) in [5.74, 6) is 3.53. The van der Waals surface area contributed by atoms with E-state index in [2.05, 4.69) is 20.3 Å². The first-order valence-electron chi connectivity index (χ1n) is 7.27. The molecule has 0 aliphatic carbocycles. The molecule has 2 aromatic rings. The Balaban J connectivity index is 1.78. The van der Waals surface area contributed by atoms with Crippen LogP contribution in [0.4, 0.5) is 5.82 Å². The number of ether oxygens (including phenoxy) is 1. The molecule has 0 spiro atoms. The van der Waals surface area contributed by atoms with Crippen molar-refractivity contribution in [1.82, 2.24) is 19.5 Å². The van der Waals surface area contributed by atoms with Gasteiger partial charge in [-0.05, 0) is 12.2 Å². The van der Waals surface area contributed by atoms with E-state index in [-0.39, 0.29) is 6.61 Å². The molecule has 22 heavy (non-hydrogen) atoms. The standard InChI is InChI=1S/C14H19N5O2S/c20-5-7-21-6-3-16-13-11-9-22-8-1-12(11)17-14(18-13)19-4-2-15-10-19/h2,4,10,20H,1,3,5-9H2,(H,16,17,18). The summed E-state index contributed by atoms with van der Waals surface area (Å²) in [6.45, 7) is 1.59. The number of fused-ring (bicyclic) bond motifs is 1. The SMILES string of the molecule is OCCOCCNc1nc(-n2ccnc2)nc2c1CSCC2. The molecule has 0 radical (unpaired) electrons. The number of aromatic nitrogens is 4. The lowest BCUT2D eigenvalue weighted by Crippen LogP contribution is -2.18. The maximum absolute atomic E-state index is 8.71. The van der Waals surface area contributed by atoms with Gasteiger partial charge < -0.3 is 15.2 Å². The first kappa shape index (κ1) is 15.3. The number of rotatable bonds is 7. The molecule has 3 rings (SSSR count). The van der Waals surface area contributed by atoms with Crippen LogP contribution in [0.5, 0.6) is 0 Å². The lowest BCUT2D eigenvalue weighted by atomic mass is 10.2. The fourth-order valence-electron chi connectivity index (χ4n) is 2.27. The van der Waals surface area contributed by atoms with Gasteiger partial charge in [-0.15, -0.1) is 0 Å². The quantitative estimate of drug-likeness (QED) is 0.732. The zero-order valence-corrected chi connectivity index (χ0v) is 13.1. The number of thioether (sulfide) groups is 1. The van der Waals surface area contributed by atoms with Crippen LogP contribution in [0, 0.1) is 0 Å². The lowest BCUT2D eigenvalue weighted by Gasteiger charge is -2.19. The van der Waals surface area contributed by atoms with Gasteiger partial charge in [0.2, 0.25) is 5.95 Å². The van der Waals surface area contributed by atoms with E-state index in [9.17, 15) is 0 Å². The molecule has 1 aliphatic heterocycles. The Morgan fingerprint density at radius 1 is 1.36 bits per heavy atom. The average molecular weight is 321 g/mol. The normalized spacial score (nSPS) is 13.9. The van der Waals surface area contributed by atoms with E-state index in [1.165, 1.54) is 5.56 Å². The molecule has 2 N–H and O–H groups in total. The van der Waals surface area contributed by atoms with E-state index in [0.29, 0.717) is 25.7 Å². The molecule has 8 heteroatoms. The Morgan fingerprint density at radius 3 is 3.14 bits per heavy atom. The third-order valence-corrected chi connectivity index (χ3v) is 4.31. The van der Waals surface area contributed by atoms with Crippen molar-refractivity contribution in [1.29, 1.82) is 0 Å². The molecule has 2 aromatic heterocycles. The van der Waals surface area contributed by atoms with Crippen molar-refractivity contribution < 1.29 is 9.84 Å². The number of aryl methyl sites for hydroxylation is 1. The van der Waals surface area contributed by atoms with Gasteiger partial charge in [-0.3, -0.25) is 4.57 Å². The fraction of sp³-hybridized carbons (Fsp3) is 0.500. The molecule has 0 aromatic carbocycles. The smallest absolute Gasteiger partial charge is 0.237 e. The zero-order valence-electron chi connectivity index (χ0n) is 12.2. The predicted octanol–water partition coefficient (Wildman–Crippen LogP) is 0.872. The van der Waals surface area contributed by atoms with E-state index < -0.39 is 0 Å². The Labute approximate surface area is 133 Å². The van der Waals surface area contributed by atoms with Crippen LogP contribution in [-0.2, 0) is 16.9 Å². The highest BCUT2D eigenvalue weighted by atomic mass is 32.2. The van der Waals surface area contributed by atoms with Gasteiger partial charge in [0.25, 0.3) is 0 Å². The van der Waals surface area contributed by atoms with Gasteiger partial charge in [0, 0.05) is 30.3 Å². The van der Waals surface area contributed by atoms with Crippen molar-refractivity contribution in [2.75, 3.05) is 37.4 Å². The number of hydrogen-bond donors (Lipinski definition) is 2. The minimum atomic E-state index is 0.0460. The Hall–Kier alpha value is -1.64. The number of nitrogens with one attached hydrogen (secondary N) is 1. The molecular formula is C14H19N5O2S. The van der Waals surface area contributed by atoms with Crippen molar-refractivity contribution in [2.45, 2.75) is 12.2 Å². The summed E-state index contributed by atoms with van der Waals surface area (Å²) in [6, 6.07) is 0. The van der Waals surface area contributed by atoms with Crippen LogP contribution < -0.4 is 5.32 Å². The molecular weight excluding hydrogens is 302 g/mol. The number of nitrogens with zero attached hydrogens (tertiary/aromatic N) is 4. The number of aliphatic hydroxyl groups is 1. The summed E-state index contributed by atoms with van der Waals surface area (Å²) in [7, 11) is 0. The van der Waals surface area contributed by atoms with Crippen molar-refractivity contribution >= 4 is 17.6 Å². The van der Waals surface area contributed by atoms with Crippen LogP contribution >= 0.6 is 11.8 Å². The molecule has 3 heterocycles. The topological polar surface area (TPSA) is 85.1 Å². The fourth-order valence-corrected chi connectivity index (χ4v) is 3.26. The highest BCUT2D eigenvalue weighted by Gasteiger charge is 2.18. The van der Waals surface area contributed by atoms with E-state index in [1.54, 1.807) is 12.5 Å². The van der Waals surface area contributed by atoms with E-state index in [4.69, 9.17) is 9.84 Å². The second-order valence-electron chi connectivity index (χ2n) is 4.83. The van der Waals surface area contributed by atoms with Crippen molar-refractivity contribution in [3.8, 4) is 5.95 Å². The van der Waals surface area contributed by atoms with Gasteiger partial charge in [0.1, 0.15) is 12.1 Å². The molecule has 0 saturated carbocycles. The lowest BCUT2D eigenvalue weighted by molar-refractivity contribution is 0.0992. The summed E-state index contributed by atoms with van der Waals surface area (Å²) in [5, 5.41) is 12.0. The number of anilines is 1. The van der Waals surface area contributed by atoms with Crippen molar-refractivity contribution in [2.24, 2.45) is 0 Å². The summed E-state index contributed by atoms with van der Waals surface area (Å²) in [5.41, 5.74) is 2.29. The van der Waals surface area contributed by atoms with Gasteiger partial charge in [-0.25, -0.2) is 9.97 Å². The molecule has 0 bridgehead atoms. The van der Waals surface area contributed by atoms with Gasteiger partial charge in [0.05, 0.1) is 25.5 Å². The van der Waals surface area contributed by atoms with E-state index >= 15 is 0 Å². The van der Waals surface area contributed by atoms with Crippen LogP contribution in [0.2, 0.25) is 0 Å². The first-order valence-corrected chi connectivity index (χ1v) is 8.42. The zero-order chi connectivity index (χ0) is 15.2. The molecule has 0 saturated heterocycles. The number of aliphatic hydroxyl groups excluding tert-OH is 1. The highest BCUT2D eigenvalue weighted by molar-refractivity contribution is 7.98.